The molecule has 0 aliphatic heterocycles. The molecule has 1 aliphatic carbocycles. The lowest BCUT2D eigenvalue weighted by Gasteiger charge is -2.34. The fourth-order valence-corrected chi connectivity index (χ4v) is 3.70. The van der Waals surface area contributed by atoms with Gasteiger partial charge in [-0.3, -0.25) is 0 Å². The molecule has 1 aromatic carbocycles. The van der Waals surface area contributed by atoms with E-state index >= 15 is 0 Å². The Morgan fingerprint density at radius 3 is 2.89 bits per heavy atom. The molecule has 2 rings (SSSR count). The van der Waals surface area contributed by atoms with E-state index in [0.717, 1.165) is 24.3 Å². The van der Waals surface area contributed by atoms with Crippen LogP contribution in [0, 0.1) is 17.7 Å². The van der Waals surface area contributed by atoms with Gasteiger partial charge in [-0.2, -0.15) is 0 Å². The highest BCUT2D eigenvalue weighted by molar-refractivity contribution is 9.10. The molecular formula is C16H23BrFN. The van der Waals surface area contributed by atoms with Crippen LogP contribution in [0.5, 0.6) is 0 Å². The molecule has 1 fully saturated rings. The monoisotopic (exact) mass is 327 g/mol. The fourth-order valence-electron chi connectivity index (χ4n) is 3.28. The van der Waals surface area contributed by atoms with Crippen molar-refractivity contribution in [2.24, 2.45) is 17.6 Å². The number of hydrogen-bond donors (Lipinski definition) is 1. The lowest BCUT2D eigenvalue weighted by Crippen LogP contribution is -2.37. The van der Waals surface area contributed by atoms with Gasteiger partial charge in [-0.05, 0) is 65.1 Å². The topological polar surface area (TPSA) is 26.0 Å². The number of benzene rings is 1. The van der Waals surface area contributed by atoms with Gasteiger partial charge in [0.2, 0.25) is 0 Å². The maximum absolute atomic E-state index is 13.5. The van der Waals surface area contributed by atoms with Crippen LogP contribution in [-0.2, 0) is 6.42 Å². The highest BCUT2D eigenvalue weighted by Gasteiger charge is 2.28. The molecule has 0 amide bonds. The second-order valence-electron chi connectivity index (χ2n) is 5.81. The van der Waals surface area contributed by atoms with Gasteiger partial charge in [0.1, 0.15) is 5.82 Å². The van der Waals surface area contributed by atoms with Crippen LogP contribution in [0.4, 0.5) is 4.39 Å². The van der Waals surface area contributed by atoms with Crippen LogP contribution in [0.25, 0.3) is 0 Å². The van der Waals surface area contributed by atoms with Gasteiger partial charge in [-0.15, -0.1) is 0 Å². The molecule has 1 saturated carbocycles. The van der Waals surface area contributed by atoms with Crippen molar-refractivity contribution in [2.45, 2.75) is 51.5 Å². The Bertz CT molecular complexity index is 421. The first kappa shape index (κ1) is 15.0. The predicted molar refractivity (Wildman–Crippen MR) is 81.5 cm³/mol. The Morgan fingerprint density at radius 1 is 1.37 bits per heavy atom. The van der Waals surface area contributed by atoms with Crippen LogP contribution in [0.1, 0.15) is 44.6 Å². The zero-order chi connectivity index (χ0) is 13.8. The van der Waals surface area contributed by atoms with Crippen LogP contribution in [-0.4, -0.2) is 6.04 Å². The van der Waals surface area contributed by atoms with E-state index in [9.17, 15) is 4.39 Å². The van der Waals surface area contributed by atoms with Crippen LogP contribution >= 0.6 is 15.9 Å². The van der Waals surface area contributed by atoms with Crippen molar-refractivity contribution in [1.29, 1.82) is 0 Å². The van der Waals surface area contributed by atoms with E-state index in [1.54, 1.807) is 6.07 Å². The molecule has 1 aliphatic rings. The van der Waals surface area contributed by atoms with Gasteiger partial charge in [0, 0.05) is 6.04 Å². The summed E-state index contributed by atoms with van der Waals surface area (Å²) < 4.78 is 14.2. The third kappa shape index (κ3) is 3.79. The Kier molecular flexibility index (Phi) is 5.40. The van der Waals surface area contributed by atoms with E-state index in [2.05, 4.69) is 22.9 Å². The Hall–Kier alpha value is -0.410. The summed E-state index contributed by atoms with van der Waals surface area (Å²) in [6.07, 6.45) is 7.00. The van der Waals surface area contributed by atoms with E-state index in [-0.39, 0.29) is 11.9 Å². The average molecular weight is 328 g/mol. The first-order valence-corrected chi connectivity index (χ1v) is 8.09. The number of nitrogens with two attached hydrogens (primary N) is 1. The quantitative estimate of drug-likeness (QED) is 0.854. The zero-order valence-corrected chi connectivity index (χ0v) is 13.1. The third-order valence-corrected chi connectivity index (χ3v) is 5.25. The highest BCUT2D eigenvalue weighted by atomic mass is 79.9. The average Bonchev–Trinajstić information content (AvgIpc) is 2.39. The Labute approximate surface area is 123 Å². The summed E-state index contributed by atoms with van der Waals surface area (Å²) in [5.41, 5.74) is 7.32. The summed E-state index contributed by atoms with van der Waals surface area (Å²) in [5, 5.41) is 0. The molecule has 2 N–H and O–H groups in total. The van der Waals surface area contributed by atoms with Crippen molar-refractivity contribution in [3.05, 3.63) is 34.1 Å². The van der Waals surface area contributed by atoms with Gasteiger partial charge in [-0.1, -0.05) is 31.9 Å². The molecule has 0 bridgehead atoms. The zero-order valence-electron chi connectivity index (χ0n) is 11.5. The van der Waals surface area contributed by atoms with Crippen molar-refractivity contribution >= 4 is 15.9 Å². The van der Waals surface area contributed by atoms with E-state index in [4.69, 9.17) is 5.73 Å². The molecule has 3 heteroatoms. The van der Waals surface area contributed by atoms with Gasteiger partial charge >= 0.3 is 0 Å². The smallest absolute Gasteiger partial charge is 0.137 e. The second-order valence-corrected chi connectivity index (χ2v) is 6.60. The van der Waals surface area contributed by atoms with Crippen molar-refractivity contribution in [2.75, 3.05) is 0 Å². The van der Waals surface area contributed by atoms with Crippen LogP contribution in [0.15, 0.2) is 22.7 Å². The van der Waals surface area contributed by atoms with Crippen molar-refractivity contribution in [1.82, 2.24) is 0 Å². The van der Waals surface area contributed by atoms with Crippen molar-refractivity contribution < 1.29 is 4.39 Å². The lowest BCUT2D eigenvalue weighted by atomic mass is 9.74. The molecule has 0 radical (unpaired) electrons. The summed E-state index contributed by atoms with van der Waals surface area (Å²) >= 11 is 3.36. The molecular weight excluding hydrogens is 305 g/mol. The van der Waals surface area contributed by atoms with Crippen LogP contribution in [0.2, 0.25) is 0 Å². The maximum Gasteiger partial charge on any atom is 0.137 e. The van der Waals surface area contributed by atoms with Crippen LogP contribution < -0.4 is 5.73 Å². The summed E-state index contributed by atoms with van der Waals surface area (Å²) in [6, 6.07) is 5.55. The summed E-state index contributed by atoms with van der Waals surface area (Å²) in [6.45, 7) is 2.24. The largest absolute Gasteiger partial charge is 0.327 e. The standard InChI is InChI=1S/C16H23BrFN/c1-2-4-11-7-8-15(19)13(9-11)10-12-5-3-6-14(18)16(12)17/h3,5-6,11,13,15H,2,4,7-10,19H2,1H3. The van der Waals surface area contributed by atoms with Gasteiger partial charge in [0.15, 0.2) is 0 Å². The molecule has 1 aromatic rings. The molecule has 0 aromatic heterocycles. The van der Waals surface area contributed by atoms with Crippen LogP contribution in [0.3, 0.4) is 0 Å². The highest BCUT2D eigenvalue weighted by Crippen LogP contribution is 2.34. The fraction of sp³-hybridized carbons (Fsp3) is 0.625. The summed E-state index contributed by atoms with van der Waals surface area (Å²) in [5.74, 6) is 1.12. The van der Waals surface area contributed by atoms with Crippen molar-refractivity contribution in [3.63, 3.8) is 0 Å². The minimum Gasteiger partial charge on any atom is -0.327 e. The third-order valence-electron chi connectivity index (χ3n) is 4.36. The van der Waals surface area contributed by atoms with E-state index in [0.29, 0.717) is 10.4 Å². The molecule has 0 saturated heterocycles. The normalized spacial score (nSPS) is 27.5. The van der Waals surface area contributed by atoms with Gasteiger partial charge < -0.3 is 5.73 Å². The lowest BCUT2D eigenvalue weighted by molar-refractivity contribution is 0.221. The van der Waals surface area contributed by atoms with Crippen molar-refractivity contribution in [3.8, 4) is 0 Å². The second kappa shape index (κ2) is 6.85. The Balaban J connectivity index is 2.05. The molecule has 106 valence electrons. The van der Waals surface area contributed by atoms with E-state index in [1.165, 1.54) is 31.7 Å². The molecule has 3 unspecified atom stereocenters. The number of rotatable bonds is 4. The summed E-state index contributed by atoms with van der Waals surface area (Å²) in [7, 11) is 0. The van der Waals surface area contributed by atoms with Gasteiger partial charge in [0.05, 0.1) is 4.47 Å². The minimum atomic E-state index is -0.174. The van der Waals surface area contributed by atoms with E-state index < -0.39 is 0 Å². The molecule has 0 spiro atoms. The summed E-state index contributed by atoms with van der Waals surface area (Å²) in [4.78, 5) is 0. The van der Waals surface area contributed by atoms with Gasteiger partial charge in [-0.25, -0.2) is 4.39 Å². The van der Waals surface area contributed by atoms with Gasteiger partial charge in [0.25, 0.3) is 0 Å². The molecule has 3 atom stereocenters. The SMILES string of the molecule is CCCC1CCC(N)C(Cc2cccc(F)c2Br)C1. The maximum atomic E-state index is 13.5. The number of hydrogen-bond acceptors (Lipinski definition) is 1. The molecule has 19 heavy (non-hydrogen) atoms. The molecule has 0 heterocycles. The number of halogens is 2. The predicted octanol–water partition coefficient (Wildman–Crippen LogP) is 4.67. The Morgan fingerprint density at radius 2 is 2.16 bits per heavy atom. The first-order chi connectivity index (χ1) is 9.11. The van der Waals surface area contributed by atoms with E-state index in [1.807, 2.05) is 6.07 Å². The molecule has 1 nitrogen and oxygen atoms in total. The first-order valence-electron chi connectivity index (χ1n) is 7.30. The minimum absolute atomic E-state index is 0.174.